The van der Waals surface area contributed by atoms with E-state index in [0.717, 1.165) is 25.9 Å². The average Bonchev–Trinajstić information content (AvgIpc) is 3.22. The minimum Gasteiger partial charge on any atom is -0.493 e. The van der Waals surface area contributed by atoms with Crippen molar-refractivity contribution in [2.75, 3.05) is 61.8 Å². The van der Waals surface area contributed by atoms with Crippen molar-refractivity contribution < 1.29 is 14.3 Å². The highest BCUT2D eigenvalue weighted by molar-refractivity contribution is 6.01. The van der Waals surface area contributed by atoms with E-state index in [-0.39, 0.29) is 0 Å². The SMILES string of the molecule is COc1ccc(NC(=O)Nc2cnc(N3CCCC3)nc2N(C)C)cc1OC. The van der Waals surface area contributed by atoms with Crippen LogP contribution in [0.3, 0.4) is 0 Å². The van der Waals surface area contributed by atoms with Gasteiger partial charge in [0, 0.05) is 38.9 Å². The molecule has 0 saturated carbocycles. The first-order chi connectivity index (χ1) is 13.5. The lowest BCUT2D eigenvalue weighted by Crippen LogP contribution is -2.25. The zero-order valence-electron chi connectivity index (χ0n) is 16.7. The number of benzene rings is 1. The van der Waals surface area contributed by atoms with Crippen LogP contribution in [0.4, 0.5) is 27.9 Å². The van der Waals surface area contributed by atoms with Crippen molar-refractivity contribution in [2.24, 2.45) is 0 Å². The summed E-state index contributed by atoms with van der Waals surface area (Å²) in [5.74, 6) is 2.47. The highest BCUT2D eigenvalue weighted by Gasteiger charge is 2.18. The quantitative estimate of drug-likeness (QED) is 0.789. The Kier molecular flexibility index (Phi) is 6.03. The molecule has 0 spiro atoms. The Labute approximate surface area is 164 Å². The first kappa shape index (κ1) is 19.5. The van der Waals surface area contributed by atoms with Crippen LogP contribution in [0.1, 0.15) is 12.8 Å². The number of ether oxygens (including phenoxy) is 2. The number of urea groups is 1. The summed E-state index contributed by atoms with van der Waals surface area (Å²) in [6.07, 6.45) is 3.94. The maximum Gasteiger partial charge on any atom is 0.323 e. The van der Waals surface area contributed by atoms with Crippen LogP contribution in [-0.2, 0) is 0 Å². The molecule has 1 fully saturated rings. The number of nitrogens with zero attached hydrogens (tertiary/aromatic N) is 4. The standard InChI is InChI=1S/C19H26N6O3/c1-24(2)17-14(12-20-18(23-17)25-9-5-6-10-25)22-19(26)21-13-7-8-15(27-3)16(11-13)28-4/h7-8,11-12H,5-6,9-10H2,1-4H3,(H2,21,22,26). The van der Waals surface area contributed by atoms with Crippen LogP contribution in [0.25, 0.3) is 0 Å². The summed E-state index contributed by atoms with van der Waals surface area (Å²) in [5, 5.41) is 5.60. The first-order valence-electron chi connectivity index (χ1n) is 9.11. The molecular weight excluding hydrogens is 360 g/mol. The lowest BCUT2D eigenvalue weighted by atomic mass is 10.3. The number of rotatable bonds is 6. The summed E-state index contributed by atoms with van der Waals surface area (Å²) >= 11 is 0. The summed E-state index contributed by atoms with van der Waals surface area (Å²) in [4.78, 5) is 25.5. The predicted molar refractivity (Wildman–Crippen MR) is 110 cm³/mol. The molecular formula is C19H26N6O3. The molecule has 150 valence electrons. The minimum atomic E-state index is -0.396. The molecule has 1 aromatic carbocycles. The fraction of sp³-hybridized carbons (Fsp3) is 0.421. The van der Waals surface area contributed by atoms with Crippen LogP contribution >= 0.6 is 0 Å². The van der Waals surface area contributed by atoms with Gasteiger partial charge in [0.15, 0.2) is 17.3 Å². The van der Waals surface area contributed by atoms with Crippen molar-refractivity contribution in [3.63, 3.8) is 0 Å². The molecule has 2 heterocycles. The Bertz CT molecular complexity index is 836. The van der Waals surface area contributed by atoms with E-state index in [1.807, 2.05) is 19.0 Å². The van der Waals surface area contributed by atoms with E-state index in [9.17, 15) is 4.79 Å². The number of nitrogens with one attached hydrogen (secondary N) is 2. The topological polar surface area (TPSA) is 91.8 Å². The predicted octanol–water partition coefficient (Wildman–Crippen LogP) is 2.80. The Morgan fingerprint density at radius 3 is 2.46 bits per heavy atom. The van der Waals surface area contributed by atoms with Crippen LogP contribution in [-0.4, -0.2) is 57.4 Å². The normalized spacial score (nSPS) is 13.2. The lowest BCUT2D eigenvalue weighted by Gasteiger charge is -2.21. The number of carbonyl (C=O) groups excluding carboxylic acids is 1. The van der Waals surface area contributed by atoms with E-state index < -0.39 is 6.03 Å². The smallest absolute Gasteiger partial charge is 0.323 e. The largest absolute Gasteiger partial charge is 0.493 e. The van der Waals surface area contributed by atoms with Crippen molar-refractivity contribution in [1.82, 2.24) is 9.97 Å². The Hall–Kier alpha value is -3.23. The Balaban J connectivity index is 1.74. The van der Waals surface area contributed by atoms with Crippen LogP contribution in [0.5, 0.6) is 11.5 Å². The van der Waals surface area contributed by atoms with Crippen LogP contribution in [0, 0.1) is 0 Å². The van der Waals surface area contributed by atoms with E-state index in [0.29, 0.717) is 34.6 Å². The van der Waals surface area contributed by atoms with Gasteiger partial charge in [0.25, 0.3) is 0 Å². The number of hydrogen-bond acceptors (Lipinski definition) is 7. The molecule has 28 heavy (non-hydrogen) atoms. The third kappa shape index (κ3) is 4.36. The number of hydrogen-bond donors (Lipinski definition) is 2. The number of carbonyl (C=O) groups is 1. The number of methoxy groups -OCH3 is 2. The van der Waals surface area contributed by atoms with Gasteiger partial charge in [0.1, 0.15) is 5.69 Å². The molecule has 0 aliphatic carbocycles. The summed E-state index contributed by atoms with van der Waals surface area (Å²) in [6, 6.07) is 4.76. The molecule has 9 heteroatoms. The van der Waals surface area contributed by atoms with Gasteiger partial charge in [-0.3, -0.25) is 0 Å². The van der Waals surface area contributed by atoms with Gasteiger partial charge >= 0.3 is 6.03 Å². The van der Waals surface area contributed by atoms with Crippen molar-refractivity contribution in [1.29, 1.82) is 0 Å². The van der Waals surface area contributed by atoms with Gasteiger partial charge in [-0.25, -0.2) is 9.78 Å². The molecule has 1 saturated heterocycles. The molecule has 2 aromatic rings. The molecule has 0 unspecified atom stereocenters. The third-order valence-corrected chi connectivity index (χ3v) is 4.46. The van der Waals surface area contributed by atoms with Gasteiger partial charge in [-0.15, -0.1) is 0 Å². The zero-order valence-corrected chi connectivity index (χ0v) is 16.7. The van der Waals surface area contributed by atoms with E-state index in [1.165, 1.54) is 0 Å². The van der Waals surface area contributed by atoms with Gasteiger partial charge in [-0.1, -0.05) is 0 Å². The molecule has 1 aromatic heterocycles. The molecule has 2 N–H and O–H groups in total. The highest BCUT2D eigenvalue weighted by atomic mass is 16.5. The van der Waals surface area contributed by atoms with Gasteiger partial charge < -0.3 is 29.9 Å². The minimum absolute atomic E-state index is 0.396. The van der Waals surface area contributed by atoms with E-state index in [1.54, 1.807) is 38.6 Å². The van der Waals surface area contributed by atoms with Gasteiger partial charge in [0.05, 0.1) is 20.4 Å². The fourth-order valence-corrected chi connectivity index (χ4v) is 3.06. The molecule has 9 nitrogen and oxygen atoms in total. The molecule has 3 rings (SSSR count). The van der Waals surface area contributed by atoms with Crippen molar-refractivity contribution in [2.45, 2.75) is 12.8 Å². The second-order valence-corrected chi connectivity index (χ2v) is 6.64. The zero-order chi connectivity index (χ0) is 20.1. The second-order valence-electron chi connectivity index (χ2n) is 6.64. The van der Waals surface area contributed by atoms with Crippen LogP contribution in [0.15, 0.2) is 24.4 Å². The van der Waals surface area contributed by atoms with E-state index in [4.69, 9.17) is 9.47 Å². The van der Waals surface area contributed by atoms with E-state index in [2.05, 4.69) is 25.5 Å². The molecule has 0 radical (unpaired) electrons. The average molecular weight is 386 g/mol. The Morgan fingerprint density at radius 1 is 1.11 bits per heavy atom. The molecule has 0 bridgehead atoms. The van der Waals surface area contributed by atoms with Crippen molar-refractivity contribution in [3.8, 4) is 11.5 Å². The number of anilines is 4. The lowest BCUT2D eigenvalue weighted by molar-refractivity contribution is 0.262. The maximum absolute atomic E-state index is 12.5. The molecule has 0 atom stereocenters. The number of aromatic nitrogens is 2. The second kappa shape index (κ2) is 8.64. The molecule has 1 aliphatic heterocycles. The van der Waals surface area contributed by atoms with Crippen molar-refractivity contribution in [3.05, 3.63) is 24.4 Å². The van der Waals surface area contributed by atoms with Gasteiger partial charge in [-0.2, -0.15) is 4.98 Å². The fourth-order valence-electron chi connectivity index (χ4n) is 3.06. The summed E-state index contributed by atoms with van der Waals surface area (Å²) in [7, 11) is 6.87. The maximum atomic E-state index is 12.5. The highest BCUT2D eigenvalue weighted by Crippen LogP contribution is 2.30. The van der Waals surface area contributed by atoms with Gasteiger partial charge in [0.2, 0.25) is 5.95 Å². The molecule has 1 aliphatic rings. The Morgan fingerprint density at radius 2 is 1.82 bits per heavy atom. The third-order valence-electron chi connectivity index (χ3n) is 4.46. The first-order valence-corrected chi connectivity index (χ1v) is 9.11. The monoisotopic (exact) mass is 386 g/mol. The summed E-state index contributed by atoms with van der Waals surface area (Å²) in [6.45, 7) is 1.92. The van der Waals surface area contributed by atoms with Gasteiger partial charge in [-0.05, 0) is 25.0 Å². The summed E-state index contributed by atoms with van der Waals surface area (Å²) < 4.78 is 10.5. The van der Waals surface area contributed by atoms with Crippen molar-refractivity contribution >= 4 is 29.2 Å². The molecule has 2 amide bonds. The number of amides is 2. The van der Waals surface area contributed by atoms with E-state index >= 15 is 0 Å². The van der Waals surface area contributed by atoms with Crippen LogP contribution in [0.2, 0.25) is 0 Å². The van der Waals surface area contributed by atoms with Crippen LogP contribution < -0.4 is 29.9 Å². The summed E-state index contributed by atoms with van der Waals surface area (Å²) in [5.41, 5.74) is 1.11.